The molecule has 0 atom stereocenters. The second-order valence-corrected chi connectivity index (χ2v) is 6.97. The summed E-state index contributed by atoms with van der Waals surface area (Å²) in [7, 11) is -1.44. The minimum atomic E-state index is -5.13. The zero-order valence-corrected chi connectivity index (χ0v) is 15.9. The zero-order chi connectivity index (χ0) is 21.8. The lowest BCUT2D eigenvalue weighted by Crippen LogP contribution is -2.37. The molecule has 0 bridgehead atoms. The van der Waals surface area contributed by atoms with Gasteiger partial charge in [-0.1, -0.05) is 12.1 Å². The van der Waals surface area contributed by atoms with Gasteiger partial charge in [0, 0.05) is 7.05 Å². The van der Waals surface area contributed by atoms with Gasteiger partial charge >= 0.3 is 24.4 Å². The molecule has 1 aromatic carbocycles. The van der Waals surface area contributed by atoms with Gasteiger partial charge in [0.25, 0.3) is 10.0 Å². The van der Waals surface area contributed by atoms with Gasteiger partial charge in [0.15, 0.2) is 0 Å². The summed E-state index contributed by atoms with van der Waals surface area (Å²) < 4.78 is 76.4. The molecule has 0 saturated heterocycles. The van der Waals surface area contributed by atoms with E-state index in [9.17, 15) is 26.4 Å². The van der Waals surface area contributed by atoms with E-state index in [-0.39, 0.29) is 16.3 Å². The molecular formula is C14H14F3N5O6S. The van der Waals surface area contributed by atoms with Crippen LogP contribution in [-0.4, -0.2) is 61.3 Å². The number of rotatable bonds is 6. The lowest BCUT2D eigenvalue weighted by atomic mass is 10.3. The second-order valence-electron chi connectivity index (χ2n) is 5.03. The highest BCUT2D eigenvalue weighted by atomic mass is 32.2. The molecule has 0 unspecified atom stereocenters. The maximum Gasteiger partial charge on any atom is 0.573 e. The third-order valence-electron chi connectivity index (χ3n) is 3.18. The van der Waals surface area contributed by atoms with E-state index in [4.69, 9.17) is 9.47 Å². The Bertz CT molecular complexity index is 979. The van der Waals surface area contributed by atoms with E-state index < -0.39 is 39.0 Å². The number of nitrogens with one attached hydrogen (secondary N) is 1. The number of carbonyl (C=O) groups is 1. The van der Waals surface area contributed by atoms with Crippen molar-refractivity contribution in [3.63, 3.8) is 0 Å². The molecule has 1 N–H and O–H groups in total. The van der Waals surface area contributed by atoms with Crippen molar-refractivity contribution in [2.75, 3.05) is 26.6 Å². The van der Waals surface area contributed by atoms with Crippen LogP contribution in [-0.2, 0) is 10.0 Å². The predicted molar refractivity (Wildman–Crippen MR) is 90.0 cm³/mol. The molecule has 29 heavy (non-hydrogen) atoms. The van der Waals surface area contributed by atoms with Gasteiger partial charge in [-0.2, -0.15) is 9.97 Å². The van der Waals surface area contributed by atoms with Crippen LogP contribution in [0.15, 0.2) is 29.2 Å². The molecule has 1 aromatic heterocycles. The number of methoxy groups -OCH3 is 2. The van der Waals surface area contributed by atoms with Gasteiger partial charge in [0.2, 0.25) is 5.95 Å². The highest BCUT2D eigenvalue weighted by molar-refractivity contribution is 7.89. The van der Waals surface area contributed by atoms with Crippen LogP contribution in [0.1, 0.15) is 0 Å². The number of aromatic nitrogens is 3. The number of alkyl halides is 3. The van der Waals surface area contributed by atoms with E-state index in [1.54, 1.807) is 0 Å². The number of sulfonamides is 1. The minimum absolute atomic E-state index is 0.161. The number of carbonyl (C=O) groups excluding carboxylic acids is 1. The standard InChI is InChI=1S/C14H14F3N5O6S/c1-22(13(23)20-10-18-11(26-2)21-12(19-10)27-3)29(24,25)9-7-5-4-6-8(9)28-14(15,16)17/h4-7H,1-3H3,(H,18,19,20,21,23). The highest BCUT2D eigenvalue weighted by Crippen LogP contribution is 2.31. The van der Waals surface area contributed by atoms with Crippen molar-refractivity contribution >= 4 is 22.0 Å². The van der Waals surface area contributed by atoms with Gasteiger partial charge in [0.1, 0.15) is 10.6 Å². The first-order valence-corrected chi connectivity index (χ1v) is 8.90. The Labute approximate surface area is 162 Å². The van der Waals surface area contributed by atoms with E-state index in [1.807, 2.05) is 0 Å². The number of hydrogen-bond acceptors (Lipinski definition) is 9. The van der Waals surface area contributed by atoms with E-state index in [0.29, 0.717) is 0 Å². The van der Waals surface area contributed by atoms with Crippen molar-refractivity contribution in [1.29, 1.82) is 0 Å². The summed E-state index contributed by atoms with van der Waals surface area (Å²) >= 11 is 0. The van der Waals surface area contributed by atoms with Crippen molar-refractivity contribution in [3.05, 3.63) is 24.3 Å². The van der Waals surface area contributed by atoms with Gasteiger partial charge in [-0.3, -0.25) is 5.32 Å². The van der Waals surface area contributed by atoms with Crippen LogP contribution in [0.4, 0.5) is 23.9 Å². The fourth-order valence-electron chi connectivity index (χ4n) is 1.88. The summed E-state index contributed by atoms with van der Waals surface area (Å²) in [6.07, 6.45) is -5.13. The highest BCUT2D eigenvalue weighted by Gasteiger charge is 2.36. The summed E-state index contributed by atoms with van der Waals surface area (Å²) in [6, 6.07) is 2.22. The number of benzene rings is 1. The third kappa shape index (κ3) is 5.34. The topological polar surface area (TPSA) is 133 Å². The maximum absolute atomic E-state index is 12.6. The predicted octanol–water partition coefficient (Wildman–Crippen LogP) is 1.64. The Kier molecular flexibility index (Phi) is 6.31. The Hall–Kier alpha value is -3.36. The molecule has 11 nitrogen and oxygen atoms in total. The molecule has 15 heteroatoms. The number of para-hydroxylation sites is 1. The second kappa shape index (κ2) is 8.34. The maximum atomic E-state index is 12.6. The van der Waals surface area contributed by atoms with Gasteiger partial charge in [-0.25, -0.2) is 17.5 Å². The largest absolute Gasteiger partial charge is 0.573 e. The van der Waals surface area contributed by atoms with Crippen LogP contribution < -0.4 is 19.5 Å². The number of hydrogen-bond donors (Lipinski definition) is 1. The van der Waals surface area contributed by atoms with Crippen molar-refractivity contribution in [2.24, 2.45) is 0 Å². The number of nitrogens with zero attached hydrogens (tertiary/aromatic N) is 4. The fraction of sp³-hybridized carbons (Fsp3) is 0.286. The number of anilines is 1. The van der Waals surface area contributed by atoms with Crippen molar-refractivity contribution in [2.45, 2.75) is 11.3 Å². The first kappa shape index (κ1) is 21.9. The van der Waals surface area contributed by atoms with Crippen LogP contribution in [0.5, 0.6) is 17.8 Å². The molecule has 0 aliphatic rings. The van der Waals surface area contributed by atoms with Crippen molar-refractivity contribution < 1.29 is 40.6 Å². The van der Waals surface area contributed by atoms with Crippen LogP contribution >= 0.6 is 0 Å². The fourth-order valence-corrected chi connectivity index (χ4v) is 3.05. The average Bonchev–Trinajstić information content (AvgIpc) is 2.65. The van der Waals surface area contributed by atoms with Crippen molar-refractivity contribution in [3.8, 4) is 17.8 Å². The summed E-state index contributed by atoms with van der Waals surface area (Å²) in [5.74, 6) is -1.41. The smallest absolute Gasteiger partial charge is 0.467 e. The van der Waals surface area contributed by atoms with E-state index >= 15 is 0 Å². The molecule has 2 rings (SSSR count). The first-order chi connectivity index (χ1) is 13.5. The molecule has 0 aliphatic carbocycles. The summed E-state index contributed by atoms with van der Waals surface area (Å²) in [5.41, 5.74) is 0. The Morgan fingerprint density at radius 2 is 1.62 bits per heavy atom. The molecule has 1 heterocycles. The van der Waals surface area contributed by atoms with E-state index in [1.165, 1.54) is 20.3 Å². The SMILES string of the molecule is COc1nc(NC(=O)N(C)S(=O)(=O)c2ccccc2OC(F)(F)F)nc(OC)n1. The van der Waals surface area contributed by atoms with Gasteiger partial charge in [-0.05, 0) is 12.1 Å². The van der Waals surface area contributed by atoms with Crippen LogP contribution in [0, 0.1) is 0 Å². The normalized spacial score (nSPS) is 11.5. The quantitative estimate of drug-likeness (QED) is 0.716. The van der Waals surface area contributed by atoms with Crippen molar-refractivity contribution in [1.82, 2.24) is 19.3 Å². The Morgan fingerprint density at radius 1 is 1.07 bits per heavy atom. The van der Waals surface area contributed by atoms with Gasteiger partial charge < -0.3 is 14.2 Å². The third-order valence-corrected chi connectivity index (χ3v) is 4.96. The van der Waals surface area contributed by atoms with Crippen LogP contribution in [0.3, 0.4) is 0 Å². The Morgan fingerprint density at radius 3 is 2.14 bits per heavy atom. The van der Waals surface area contributed by atoms with Crippen LogP contribution in [0.25, 0.3) is 0 Å². The molecule has 0 spiro atoms. The average molecular weight is 437 g/mol. The summed E-state index contributed by atoms with van der Waals surface area (Å²) in [6.45, 7) is 0. The summed E-state index contributed by atoms with van der Waals surface area (Å²) in [5, 5.41) is 2.06. The molecule has 0 saturated carbocycles. The monoisotopic (exact) mass is 437 g/mol. The first-order valence-electron chi connectivity index (χ1n) is 7.46. The number of urea groups is 1. The molecule has 2 amide bonds. The zero-order valence-electron chi connectivity index (χ0n) is 15.1. The van der Waals surface area contributed by atoms with E-state index in [0.717, 1.165) is 25.2 Å². The molecule has 0 fully saturated rings. The van der Waals surface area contributed by atoms with Gasteiger partial charge in [0.05, 0.1) is 14.2 Å². The van der Waals surface area contributed by atoms with E-state index in [2.05, 4.69) is 25.0 Å². The van der Waals surface area contributed by atoms with Crippen LogP contribution in [0.2, 0.25) is 0 Å². The summed E-state index contributed by atoms with van der Waals surface area (Å²) in [4.78, 5) is 22.5. The lowest BCUT2D eigenvalue weighted by molar-refractivity contribution is -0.275. The van der Waals surface area contributed by atoms with Gasteiger partial charge in [-0.15, -0.1) is 18.2 Å². The molecule has 158 valence electrons. The molecule has 0 aliphatic heterocycles. The minimum Gasteiger partial charge on any atom is -0.467 e. The molecule has 2 aromatic rings. The number of amides is 2. The number of halogens is 3. The lowest BCUT2D eigenvalue weighted by Gasteiger charge is -2.20. The molecular weight excluding hydrogens is 423 g/mol. The Balaban J connectivity index is 2.32. The number of ether oxygens (including phenoxy) is 3. The molecule has 0 radical (unpaired) electrons.